The highest BCUT2D eigenvalue weighted by Gasteiger charge is 2.12. The van der Waals surface area contributed by atoms with E-state index in [9.17, 15) is 9.59 Å². The summed E-state index contributed by atoms with van der Waals surface area (Å²) in [7, 11) is 0. The van der Waals surface area contributed by atoms with E-state index in [-0.39, 0.29) is 17.9 Å². The molecule has 2 N–H and O–H groups in total. The average Bonchev–Trinajstić information content (AvgIpc) is 3.11. The van der Waals surface area contributed by atoms with Gasteiger partial charge in [-0.15, -0.1) is 0 Å². The lowest BCUT2D eigenvalue weighted by Crippen LogP contribution is -2.19. The van der Waals surface area contributed by atoms with Crippen molar-refractivity contribution in [1.82, 2.24) is 5.43 Å². The van der Waals surface area contributed by atoms with E-state index in [0.717, 1.165) is 5.56 Å². The standard InChI is InChI=1S/C20H15ClN2O4/c21-17-8-6-14(20(25)26)11-16(17)18-9-7-15(27-18)12-22-23-19(24)10-13-4-2-1-3-5-13/h1-9,11-12H,10H2,(H,23,24)(H,25,26)/b22-12-. The van der Waals surface area contributed by atoms with E-state index in [0.29, 0.717) is 22.1 Å². The van der Waals surface area contributed by atoms with Gasteiger partial charge >= 0.3 is 5.97 Å². The van der Waals surface area contributed by atoms with Crippen LogP contribution in [0, 0.1) is 0 Å². The number of nitrogens with one attached hydrogen (secondary N) is 1. The minimum Gasteiger partial charge on any atom is -0.478 e. The van der Waals surface area contributed by atoms with Crippen LogP contribution in [-0.4, -0.2) is 23.2 Å². The molecule has 7 heteroatoms. The molecule has 136 valence electrons. The minimum atomic E-state index is -1.05. The molecule has 0 saturated carbocycles. The topological polar surface area (TPSA) is 91.9 Å². The average molecular weight is 383 g/mol. The van der Waals surface area contributed by atoms with Crippen LogP contribution in [0.5, 0.6) is 0 Å². The molecule has 0 aliphatic heterocycles. The lowest BCUT2D eigenvalue weighted by molar-refractivity contribution is -0.120. The number of carbonyl (C=O) groups is 2. The number of halogens is 1. The summed E-state index contributed by atoms with van der Waals surface area (Å²) in [5.41, 5.74) is 3.89. The molecule has 3 aromatic rings. The van der Waals surface area contributed by atoms with Crippen LogP contribution >= 0.6 is 11.6 Å². The third-order valence-electron chi connectivity index (χ3n) is 3.69. The molecule has 0 aliphatic rings. The number of carboxylic acids is 1. The number of benzene rings is 2. The molecule has 0 aliphatic carbocycles. The van der Waals surface area contributed by atoms with Crippen molar-refractivity contribution in [2.45, 2.75) is 6.42 Å². The number of amides is 1. The molecule has 1 aromatic heterocycles. The number of hydrogen-bond acceptors (Lipinski definition) is 4. The first-order chi connectivity index (χ1) is 13.0. The first-order valence-corrected chi connectivity index (χ1v) is 8.39. The summed E-state index contributed by atoms with van der Waals surface area (Å²) < 4.78 is 5.61. The van der Waals surface area contributed by atoms with Crippen molar-refractivity contribution >= 4 is 29.7 Å². The first kappa shape index (κ1) is 18.4. The van der Waals surface area contributed by atoms with Crippen molar-refractivity contribution in [2.75, 3.05) is 0 Å². The summed E-state index contributed by atoms with van der Waals surface area (Å²) in [6, 6.07) is 17.0. The molecule has 0 saturated heterocycles. The predicted molar refractivity (Wildman–Crippen MR) is 102 cm³/mol. The molecule has 0 bridgehead atoms. The molecular formula is C20H15ClN2O4. The van der Waals surface area contributed by atoms with Gasteiger partial charge in [0.1, 0.15) is 11.5 Å². The Morgan fingerprint density at radius 3 is 2.63 bits per heavy atom. The van der Waals surface area contributed by atoms with Gasteiger partial charge in [-0.1, -0.05) is 41.9 Å². The predicted octanol–water partition coefficient (Wildman–Crippen LogP) is 3.99. The highest BCUT2D eigenvalue weighted by Crippen LogP contribution is 2.30. The number of aromatic carboxylic acids is 1. The van der Waals surface area contributed by atoms with Gasteiger partial charge in [0, 0.05) is 5.56 Å². The smallest absolute Gasteiger partial charge is 0.335 e. The van der Waals surface area contributed by atoms with Gasteiger partial charge < -0.3 is 9.52 Å². The molecule has 3 rings (SSSR count). The molecule has 0 radical (unpaired) electrons. The first-order valence-electron chi connectivity index (χ1n) is 8.02. The van der Waals surface area contributed by atoms with Crippen molar-refractivity contribution in [3.8, 4) is 11.3 Å². The van der Waals surface area contributed by atoms with Gasteiger partial charge in [-0.25, -0.2) is 10.2 Å². The summed E-state index contributed by atoms with van der Waals surface area (Å²) in [4.78, 5) is 22.9. The minimum absolute atomic E-state index is 0.106. The highest BCUT2D eigenvalue weighted by molar-refractivity contribution is 6.33. The van der Waals surface area contributed by atoms with Gasteiger partial charge in [-0.05, 0) is 35.9 Å². The van der Waals surface area contributed by atoms with E-state index >= 15 is 0 Å². The number of carbonyl (C=O) groups excluding carboxylic acids is 1. The fraction of sp³-hybridized carbons (Fsp3) is 0.0500. The Morgan fingerprint density at radius 2 is 1.89 bits per heavy atom. The van der Waals surface area contributed by atoms with Gasteiger partial charge in [-0.2, -0.15) is 5.10 Å². The Labute approximate surface area is 160 Å². The van der Waals surface area contributed by atoms with E-state index in [1.54, 1.807) is 12.1 Å². The third kappa shape index (κ3) is 4.83. The van der Waals surface area contributed by atoms with Gasteiger partial charge in [-0.3, -0.25) is 4.79 Å². The lowest BCUT2D eigenvalue weighted by atomic mass is 10.1. The van der Waals surface area contributed by atoms with Crippen LogP contribution in [0.15, 0.2) is 70.2 Å². The number of furan rings is 1. The molecule has 0 fully saturated rings. The van der Waals surface area contributed by atoms with Crippen LogP contribution in [-0.2, 0) is 11.2 Å². The van der Waals surface area contributed by atoms with E-state index in [1.807, 2.05) is 30.3 Å². The van der Waals surface area contributed by atoms with Crippen LogP contribution in [0.3, 0.4) is 0 Å². The number of nitrogens with zero attached hydrogens (tertiary/aromatic N) is 1. The van der Waals surface area contributed by atoms with Crippen molar-refractivity contribution in [2.24, 2.45) is 5.10 Å². The Hall–Kier alpha value is -3.38. The Morgan fingerprint density at radius 1 is 1.11 bits per heavy atom. The van der Waals surface area contributed by atoms with Crippen molar-refractivity contribution in [3.05, 3.63) is 82.6 Å². The molecular weight excluding hydrogens is 368 g/mol. The van der Waals surface area contributed by atoms with E-state index in [4.69, 9.17) is 21.1 Å². The van der Waals surface area contributed by atoms with Crippen LogP contribution < -0.4 is 5.43 Å². The number of carboxylic acid groups (broad SMARTS) is 1. The zero-order chi connectivity index (χ0) is 19.2. The van der Waals surface area contributed by atoms with Crippen molar-refractivity contribution in [3.63, 3.8) is 0 Å². The highest BCUT2D eigenvalue weighted by atomic mass is 35.5. The molecule has 0 spiro atoms. The van der Waals surface area contributed by atoms with Crippen LogP contribution in [0.1, 0.15) is 21.7 Å². The van der Waals surface area contributed by atoms with Crippen LogP contribution in [0.4, 0.5) is 0 Å². The lowest BCUT2D eigenvalue weighted by Gasteiger charge is -2.02. The van der Waals surface area contributed by atoms with Crippen LogP contribution in [0.2, 0.25) is 5.02 Å². The second kappa shape index (κ2) is 8.33. The molecule has 0 atom stereocenters. The molecule has 1 heterocycles. The van der Waals surface area contributed by atoms with E-state index in [1.165, 1.54) is 24.4 Å². The Balaban J connectivity index is 1.66. The maximum atomic E-state index is 11.8. The van der Waals surface area contributed by atoms with Gasteiger partial charge in [0.2, 0.25) is 5.91 Å². The summed E-state index contributed by atoms with van der Waals surface area (Å²) >= 11 is 6.12. The number of hydrogen-bond donors (Lipinski definition) is 2. The SMILES string of the molecule is O=C(Cc1ccccc1)N/N=C\c1ccc(-c2cc(C(=O)O)ccc2Cl)o1. The second-order valence-corrected chi connectivity index (χ2v) is 6.06. The molecule has 27 heavy (non-hydrogen) atoms. The van der Waals surface area contributed by atoms with Crippen molar-refractivity contribution in [1.29, 1.82) is 0 Å². The summed E-state index contributed by atoms with van der Waals surface area (Å²) in [6.07, 6.45) is 1.58. The molecule has 2 aromatic carbocycles. The van der Waals surface area contributed by atoms with Crippen LogP contribution in [0.25, 0.3) is 11.3 Å². The largest absolute Gasteiger partial charge is 0.478 e. The second-order valence-electron chi connectivity index (χ2n) is 5.66. The quantitative estimate of drug-likeness (QED) is 0.498. The molecule has 1 amide bonds. The summed E-state index contributed by atoms with van der Waals surface area (Å²) in [5, 5.41) is 13.3. The monoisotopic (exact) mass is 382 g/mol. The summed E-state index contributed by atoms with van der Waals surface area (Å²) in [5.74, 6) is -0.509. The molecule has 0 unspecified atom stereocenters. The van der Waals surface area contributed by atoms with Gasteiger partial charge in [0.25, 0.3) is 0 Å². The number of hydrazone groups is 1. The zero-order valence-corrected chi connectivity index (χ0v) is 14.8. The zero-order valence-electron chi connectivity index (χ0n) is 14.1. The Bertz CT molecular complexity index is 996. The summed E-state index contributed by atoms with van der Waals surface area (Å²) in [6.45, 7) is 0. The van der Waals surface area contributed by atoms with E-state index in [2.05, 4.69) is 10.5 Å². The maximum absolute atomic E-state index is 11.8. The number of rotatable bonds is 6. The maximum Gasteiger partial charge on any atom is 0.335 e. The Kier molecular flexibility index (Phi) is 5.68. The van der Waals surface area contributed by atoms with Gasteiger partial charge in [0.15, 0.2) is 0 Å². The fourth-order valence-electron chi connectivity index (χ4n) is 2.40. The third-order valence-corrected chi connectivity index (χ3v) is 4.02. The van der Waals surface area contributed by atoms with Gasteiger partial charge in [0.05, 0.1) is 23.2 Å². The van der Waals surface area contributed by atoms with Crippen molar-refractivity contribution < 1.29 is 19.1 Å². The van der Waals surface area contributed by atoms with E-state index < -0.39 is 5.97 Å². The fourth-order valence-corrected chi connectivity index (χ4v) is 2.61. The molecule has 6 nitrogen and oxygen atoms in total. The normalized spacial score (nSPS) is 10.9.